The molecule has 4 rings (SSSR count). The highest BCUT2D eigenvalue weighted by Crippen LogP contribution is 2.34. The van der Waals surface area contributed by atoms with Crippen LogP contribution < -0.4 is 0 Å². The van der Waals surface area contributed by atoms with Crippen LogP contribution in [-0.4, -0.2) is 42.2 Å². The van der Waals surface area contributed by atoms with E-state index in [1.165, 1.54) is 0 Å². The van der Waals surface area contributed by atoms with Crippen LogP contribution in [0.3, 0.4) is 0 Å². The van der Waals surface area contributed by atoms with Crippen LogP contribution in [-0.2, 0) is 17.9 Å². The van der Waals surface area contributed by atoms with Crippen molar-refractivity contribution in [3.05, 3.63) is 47.2 Å². The van der Waals surface area contributed by atoms with E-state index in [0.29, 0.717) is 12.2 Å². The molecule has 0 saturated heterocycles. The summed E-state index contributed by atoms with van der Waals surface area (Å²) in [5.41, 5.74) is 5.16. The SMILES string of the molecule is CCOC(=O)c1ncn2c1Cn1nnc(C)c1-c1cc(CO)ccc1-2. The van der Waals surface area contributed by atoms with Gasteiger partial charge in [-0.2, -0.15) is 0 Å². The second-order valence-electron chi connectivity index (χ2n) is 5.82. The molecule has 3 heterocycles. The number of carbonyl (C=O) groups is 1. The predicted molar refractivity (Wildman–Crippen MR) is 88.3 cm³/mol. The van der Waals surface area contributed by atoms with Gasteiger partial charge in [-0.1, -0.05) is 11.3 Å². The number of hydrogen-bond donors (Lipinski definition) is 1. The number of hydrogen-bond acceptors (Lipinski definition) is 6. The highest BCUT2D eigenvalue weighted by Gasteiger charge is 2.27. The first-order chi connectivity index (χ1) is 12.1. The highest BCUT2D eigenvalue weighted by molar-refractivity contribution is 5.89. The summed E-state index contributed by atoms with van der Waals surface area (Å²) >= 11 is 0. The molecule has 0 spiro atoms. The molecule has 0 aliphatic carbocycles. The van der Waals surface area contributed by atoms with Crippen molar-refractivity contribution in [2.24, 2.45) is 0 Å². The van der Waals surface area contributed by atoms with E-state index < -0.39 is 5.97 Å². The van der Waals surface area contributed by atoms with E-state index in [2.05, 4.69) is 15.3 Å². The number of aliphatic hydroxyl groups is 1. The number of carbonyl (C=O) groups excluding carboxylic acids is 1. The maximum Gasteiger partial charge on any atom is 0.358 e. The second-order valence-corrected chi connectivity index (χ2v) is 5.82. The molecular formula is C17H17N5O3. The Balaban J connectivity index is 1.98. The molecule has 8 heteroatoms. The Morgan fingerprint density at radius 2 is 2.24 bits per heavy atom. The van der Waals surface area contributed by atoms with Crippen LogP contribution in [0, 0.1) is 6.92 Å². The molecule has 0 saturated carbocycles. The molecule has 1 aliphatic heterocycles. The van der Waals surface area contributed by atoms with E-state index in [4.69, 9.17) is 4.74 Å². The fraction of sp³-hybridized carbons (Fsp3) is 0.294. The monoisotopic (exact) mass is 339 g/mol. The van der Waals surface area contributed by atoms with Crippen LogP contribution in [0.1, 0.15) is 34.4 Å². The van der Waals surface area contributed by atoms with Gasteiger partial charge in [0, 0.05) is 5.56 Å². The van der Waals surface area contributed by atoms with E-state index in [1.807, 2.05) is 29.7 Å². The Hall–Kier alpha value is -3.00. The molecule has 128 valence electrons. The molecular weight excluding hydrogens is 322 g/mol. The number of aromatic nitrogens is 5. The fourth-order valence-electron chi connectivity index (χ4n) is 3.17. The van der Waals surface area contributed by atoms with E-state index in [0.717, 1.165) is 28.2 Å². The van der Waals surface area contributed by atoms with Crippen LogP contribution in [0.25, 0.3) is 16.9 Å². The molecule has 0 fully saturated rings. The van der Waals surface area contributed by atoms with Crippen LogP contribution in [0.2, 0.25) is 0 Å². The average Bonchev–Trinajstić information content (AvgIpc) is 3.15. The molecule has 2 aromatic heterocycles. The van der Waals surface area contributed by atoms with Crippen molar-refractivity contribution >= 4 is 5.97 Å². The lowest BCUT2D eigenvalue weighted by Gasteiger charge is -2.11. The third-order valence-corrected chi connectivity index (χ3v) is 4.30. The molecule has 1 aromatic carbocycles. The Morgan fingerprint density at radius 1 is 1.40 bits per heavy atom. The van der Waals surface area contributed by atoms with Crippen molar-refractivity contribution in [3.8, 4) is 16.9 Å². The van der Waals surface area contributed by atoms with E-state index in [-0.39, 0.29) is 18.9 Å². The second kappa shape index (κ2) is 5.82. The number of aliphatic hydroxyl groups excluding tert-OH is 1. The number of fused-ring (bicyclic) bond motifs is 5. The summed E-state index contributed by atoms with van der Waals surface area (Å²) in [6.45, 7) is 4.23. The van der Waals surface area contributed by atoms with Gasteiger partial charge in [0.25, 0.3) is 0 Å². The molecule has 1 aliphatic rings. The van der Waals surface area contributed by atoms with Crippen molar-refractivity contribution in [1.82, 2.24) is 24.5 Å². The summed E-state index contributed by atoms with van der Waals surface area (Å²) < 4.78 is 8.74. The van der Waals surface area contributed by atoms with Gasteiger partial charge in [0.1, 0.15) is 6.33 Å². The lowest BCUT2D eigenvalue weighted by atomic mass is 10.0. The minimum absolute atomic E-state index is 0.0568. The maximum absolute atomic E-state index is 12.2. The first kappa shape index (κ1) is 15.5. The molecule has 8 nitrogen and oxygen atoms in total. The zero-order chi connectivity index (χ0) is 17.6. The Kier molecular flexibility index (Phi) is 3.61. The van der Waals surface area contributed by atoms with Gasteiger partial charge in [-0.05, 0) is 31.5 Å². The topological polar surface area (TPSA) is 95.1 Å². The minimum Gasteiger partial charge on any atom is -0.461 e. The van der Waals surface area contributed by atoms with Gasteiger partial charge in [-0.25, -0.2) is 14.5 Å². The van der Waals surface area contributed by atoms with E-state index in [9.17, 15) is 9.90 Å². The number of imidazole rings is 1. The first-order valence-corrected chi connectivity index (χ1v) is 8.02. The summed E-state index contributed by atoms with van der Waals surface area (Å²) in [6.07, 6.45) is 1.62. The van der Waals surface area contributed by atoms with Gasteiger partial charge in [-0.3, -0.25) is 4.57 Å². The molecule has 0 atom stereocenters. The summed E-state index contributed by atoms with van der Waals surface area (Å²) in [5.74, 6) is -0.454. The first-order valence-electron chi connectivity index (χ1n) is 8.02. The van der Waals surface area contributed by atoms with Gasteiger partial charge >= 0.3 is 5.97 Å². The van der Waals surface area contributed by atoms with Crippen molar-refractivity contribution in [2.45, 2.75) is 27.0 Å². The number of ether oxygens (including phenoxy) is 1. The number of nitrogens with zero attached hydrogens (tertiary/aromatic N) is 5. The van der Waals surface area contributed by atoms with Gasteiger partial charge in [0.15, 0.2) is 5.69 Å². The standard InChI is InChI=1S/C17H17N5O3/c1-3-25-17(24)15-14-7-22-16(10(2)19-20-22)12-6-11(8-23)4-5-13(12)21(14)9-18-15/h4-6,9,23H,3,7-8H2,1-2H3. The zero-order valence-electron chi connectivity index (χ0n) is 13.9. The number of aryl methyl sites for hydroxylation is 1. The van der Waals surface area contributed by atoms with Crippen LogP contribution in [0.5, 0.6) is 0 Å². The smallest absolute Gasteiger partial charge is 0.358 e. The number of esters is 1. The fourth-order valence-corrected chi connectivity index (χ4v) is 3.17. The Bertz CT molecular complexity index is 973. The van der Waals surface area contributed by atoms with Gasteiger partial charge in [0.05, 0.1) is 42.5 Å². The van der Waals surface area contributed by atoms with E-state index in [1.54, 1.807) is 17.9 Å². The molecule has 0 amide bonds. The van der Waals surface area contributed by atoms with Crippen molar-refractivity contribution in [2.75, 3.05) is 6.61 Å². The largest absolute Gasteiger partial charge is 0.461 e. The normalized spacial score (nSPS) is 12.1. The number of rotatable bonds is 3. The summed E-state index contributed by atoms with van der Waals surface area (Å²) in [6, 6.07) is 5.67. The zero-order valence-corrected chi connectivity index (χ0v) is 13.9. The molecule has 0 bridgehead atoms. The van der Waals surface area contributed by atoms with Crippen LogP contribution >= 0.6 is 0 Å². The highest BCUT2D eigenvalue weighted by atomic mass is 16.5. The van der Waals surface area contributed by atoms with Crippen molar-refractivity contribution in [3.63, 3.8) is 0 Å². The summed E-state index contributed by atoms with van der Waals surface area (Å²) in [5, 5.41) is 17.9. The van der Waals surface area contributed by atoms with E-state index >= 15 is 0 Å². The quantitative estimate of drug-likeness (QED) is 0.568. The third kappa shape index (κ3) is 2.33. The van der Waals surface area contributed by atoms with Crippen molar-refractivity contribution < 1.29 is 14.6 Å². The molecule has 25 heavy (non-hydrogen) atoms. The van der Waals surface area contributed by atoms with Gasteiger partial charge in [-0.15, -0.1) is 5.10 Å². The van der Waals surface area contributed by atoms with Gasteiger partial charge in [0.2, 0.25) is 0 Å². The lowest BCUT2D eigenvalue weighted by molar-refractivity contribution is 0.0518. The third-order valence-electron chi connectivity index (χ3n) is 4.30. The maximum atomic E-state index is 12.2. The minimum atomic E-state index is -0.454. The predicted octanol–water partition coefficient (Wildman–Crippen LogP) is 1.47. The molecule has 0 radical (unpaired) electrons. The summed E-state index contributed by atoms with van der Waals surface area (Å²) in [4.78, 5) is 16.5. The lowest BCUT2D eigenvalue weighted by Crippen LogP contribution is -2.12. The summed E-state index contributed by atoms with van der Waals surface area (Å²) in [7, 11) is 0. The Morgan fingerprint density at radius 3 is 3.00 bits per heavy atom. The van der Waals surface area contributed by atoms with Gasteiger partial charge < -0.3 is 9.84 Å². The Labute approximate surface area is 143 Å². The number of benzene rings is 1. The van der Waals surface area contributed by atoms with Crippen molar-refractivity contribution in [1.29, 1.82) is 0 Å². The van der Waals surface area contributed by atoms with Crippen LogP contribution in [0.15, 0.2) is 24.5 Å². The average molecular weight is 339 g/mol. The molecule has 1 N–H and O–H groups in total. The molecule has 0 unspecified atom stereocenters. The van der Waals surface area contributed by atoms with Crippen LogP contribution in [0.4, 0.5) is 0 Å². The molecule has 3 aromatic rings.